The average Bonchev–Trinajstić information content (AvgIpc) is 3.06. The molecule has 2 atom stereocenters. The van der Waals surface area contributed by atoms with Crippen molar-refractivity contribution in [3.8, 4) is 11.4 Å². The lowest BCUT2D eigenvalue weighted by atomic mass is 9.86. The highest BCUT2D eigenvalue weighted by molar-refractivity contribution is 5.86. The number of primary amides is 1. The van der Waals surface area contributed by atoms with E-state index >= 15 is 0 Å². The standard InChI is InChI=1S/C23H21N3O5/c1-2-23(30)15-10-18-20-13(9-12-5-3-4-6-16(12)25-20)17(7-8-19(24)27)26(18)21(28)14(15)11-31-22(23)29/h3-6,9-10,17,30H,2,7-8,11H2,1H3,(H2,24,27)/t17?,23-/m0/s1. The zero-order valence-corrected chi connectivity index (χ0v) is 16.9. The molecule has 0 bridgehead atoms. The van der Waals surface area contributed by atoms with Crippen molar-refractivity contribution >= 4 is 22.8 Å². The summed E-state index contributed by atoms with van der Waals surface area (Å²) in [5.74, 6) is -1.22. The highest BCUT2D eigenvalue weighted by Crippen LogP contribution is 2.43. The summed E-state index contributed by atoms with van der Waals surface area (Å²) < 4.78 is 6.72. The largest absolute Gasteiger partial charge is 0.458 e. The molecule has 4 heterocycles. The van der Waals surface area contributed by atoms with E-state index in [2.05, 4.69) is 0 Å². The summed E-state index contributed by atoms with van der Waals surface area (Å²) in [5.41, 5.74) is 6.34. The van der Waals surface area contributed by atoms with Gasteiger partial charge in [0.1, 0.15) is 6.61 Å². The van der Waals surface area contributed by atoms with Gasteiger partial charge in [-0.15, -0.1) is 0 Å². The van der Waals surface area contributed by atoms with Crippen LogP contribution in [0.4, 0.5) is 0 Å². The molecular formula is C23H21N3O5. The molecule has 8 heteroatoms. The van der Waals surface area contributed by atoms with Gasteiger partial charge in [0, 0.05) is 22.9 Å². The zero-order chi connectivity index (χ0) is 21.9. The van der Waals surface area contributed by atoms with Crippen molar-refractivity contribution in [1.82, 2.24) is 9.55 Å². The van der Waals surface area contributed by atoms with Crippen LogP contribution in [0.3, 0.4) is 0 Å². The molecule has 0 radical (unpaired) electrons. The quantitative estimate of drug-likeness (QED) is 0.622. The number of pyridine rings is 2. The van der Waals surface area contributed by atoms with Crippen LogP contribution < -0.4 is 11.3 Å². The number of carbonyl (C=O) groups excluding carboxylic acids is 2. The molecule has 158 valence electrons. The molecule has 5 rings (SSSR count). The zero-order valence-electron chi connectivity index (χ0n) is 16.9. The average molecular weight is 419 g/mol. The summed E-state index contributed by atoms with van der Waals surface area (Å²) in [5, 5.41) is 11.9. The molecule has 31 heavy (non-hydrogen) atoms. The van der Waals surface area contributed by atoms with Gasteiger partial charge < -0.3 is 15.6 Å². The van der Waals surface area contributed by atoms with E-state index in [0.29, 0.717) is 17.8 Å². The molecule has 0 saturated carbocycles. The van der Waals surface area contributed by atoms with Crippen LogP contribution in [-0.2, 0) is 26.5 Å². The van der Waals surface area contributed by atoms with Gasteiger partial charge in [0.25, 0.3) is 5.56 Å². The van der Waals surface area contributed by atoms with Gasteiger partial charge in [-0.1, -0.05) is 25.1 Å². The number of aromatic nitrogens is 2. The minimum absolute atomic E-state index is 0.0742. The Balaban J connectivity index is 1.81. The van der Waals surface area contributed by atoms with E-state index < -0.39 is 23.5 Å². The maximum Gasteiger partial charge on any atom is 0.343 e. The Kier molecular flexibility index (Phi) is 4.23. The molecule has 2 aromatic heterocycles. The highest BCUT2D eigenvalue weighted by atomic mass is 16.6. The number of rotatable bonds is 4. The first-order valence-electron chi connectivity index (χ1n) is 10.2. The lowest BCUT2D eigenvalue weighted by Crippen LogP contribution is -2.44. The van der Waals surface area contributed by atoms with Gasteiger partial charge in [0.05, 0.1) is 28.5 Å². The number of aliphatic hydroxyl groups is 1. The third kappa shape index (κ3) is 2.71. The van der Waals surface area contributed by atoms with Crippen molar-refractivity contribution in [3.63, 3.8) is 0 Å². The number of hydrogen-bond acceptors (Lipinski definition) is 6. The van der Waals surface area contributed by atoms with E-state index in [0.717, 1.165) is 16.5 Å². The molecular weight excluding hydrogens is 398 g/mol. The first-order chi connectivity index (χ1) is 14.8. The predicted octanol–water partition coefficient (Wildman–Crippen LogP) is 1.89. The molecule has 1 aromatic carbocycles. The van der Waals surface area contributed by atoms with Gasteiger partial charge in [-0.25, -0.2) is 9.78 Å². The van der Waals surface area contributed by atoms with E-state index in [9.17, 15) is 19.5 Å². The van der Waals surface area contributed by atoms with Crippen LogP contribution in [-0.4, -0.2) is 26.5 Å². The second kappa shape index (κ2) is 6.75. The summed E-state index contributed by atoms with van der Waals surface area (Å²) in [6.45, 7) is 1.46. The smallest absolute Gasteiger partial charge is 0.343 e. The molecule has 0 spiro atoms. The Morgan fingerprint density at radius 1 is 1.32 bits per heavy atom. The van der Waals surface area contributed by atoms with Crippen molar-refractivity contribution in [3.05, 3.63) is 63.4 Å². The molecule has 3 N–H and O–H groups in total. The third-order valence-electron chi connectivity index (χ3n) is 6.32. The van der Waals surface area contributed by atoms with Gasteiger partial charge in [-0.2, -0.15) is 0 Å². The van der Waals surface area contributed by atoms with Crippen LogP contribution in [0.25, 0.3) is 22.3 Å². The number of nitrogens with zero attached hydrogens (tertiary/aromatic N) is 2. The van der Waals surface area contributed by atoms with Crippen molar-refractivity contribution in [2.45, 2.75) is 44.4 Å². The Morgan fingerprint density at radius 3 is 2.84 bits per heavy atom. The Hall–Kier alpha value is -3.52. The summed E-state index contributed by atoms with van der Waals surface area (Å²) >= 11 is 0. The van der Waals surface area contributed by atoms with Crippen LogP contribution >= 0.6 is 0 Å². The lowest BCUT2D eigenvalue weighted by Gasteiger charge is -2.32. The van der Waals surface area contributed by atoms with Gasteiger partial charge in [-0.3, -0.25) is 14.2 Å². The third-order valence-corrected chi connectivity index (χ3v) is 6.32. The second-order valence-electron chi connectivity index (χ2n) is 8.03. The lowest BCUT2D eigenvalue weighted by molar-refractivity contribution is -0.172. The normalized spacial score (nSPS) is 21.4. The molecule has 0 saturated heterocycles. The Bertz CT molecular complexity index is 1330. The Labute approximate surface area is 177 Å². The van der Waals surface area contributed by atoms with E-state index in [4.69, 9.17) is 15.5 Å². The molecule has 0 fully saturated rings. The van der Waals surface area contributed by atoms with Crippen LogP contribution in [0.1, 0.15) is 48.9 Å². The number of nitrogens with two attached hydrogens (primary N) is 1. The fourth-order valence-electron chi connectivity index (χ4n) is 4.66. The molecule has 8 nitrogen and oxygen atoms in total. The van der Waals surface area contributed by atoms with E-state index in [1.165, 1.54) is 0 Å². The number of amides is 1. The fourth-order valence-corrected chi connectivity index (χ4v) is 4.66. The number of cyclic esters (lactones) is 1. The number of hydrogen-bond donors (Lipinski definition) is 2. The van der Waals surface area contributed by atoms with Gasteiger partial charge in [-0.05, 0) is 31.0 Å². The van der Waals surface area contributed by atoms with Crippen molar-refractivity contribution in [2.24, 2.45) is 5.73 Å². The van der Waals surface area contributed by atoms with E-state index in [1.807, 2.05) is 30.3 Å². The first kappa shape index (κ1) is 19.4. The number of fused-ring (bicyclic) bond motifs is 5. The van der Waals surface area contributed by atoms with Gasteiger partial charge >= 0.3 is 5.97 Å². The second-order valence-corrected chi connectivity index (χ2v) is 8.03. The first-order valence-corrected chi connectivity index (χ1v) is 10.2. The molecule has 0 aliphatic carbocycles. The fraction of sp³-hybridized carbons (Fsp3) is 0.304. The number of ether oxygens (including phenoxy) is 1. The van der Waals surface area contributed by atoms with Crippen LogP contribution in [0.5, 0.6) is 0 Å². The van der Waals surface area contributed by atoms with Crippen LogP contribution in [0.15, 0.2) is 41.2 Å². The van der Waals surface area contributed by atoms with Crippen molar-refractivity contribution in [1.29, 1.82) is 0 Å². The van der Waals surface area contributed by atoms with Crippen LogP contribution in [0, 0.1) is 0 Å². The molecule has 1 amide bonds. The van der Waals surface area contributed by atoms with Crippen LogP contribution in [0.2, 0.25) is 0 Å². The minimum Gasteiger partial charge on any atom is -0.458 e. The van der Waals surface area contributed by atoms with Gasteiger partial charge in [0.15, 0.2) is 5.60 Å². The number of carbonyl (C=O) groups is 2. The summed E-state index contributed by atoms with van der Waals surface area (Å²) in [7, 11) is 0. The topological polar surface area (TPSA) is 125 Å². The highest BCUT2D eigenvalue weighted by Gasteiger charge is 2.46. The maximum absolute atomic E-state index is 13.5. The maximum atomic E-state index is 13.5. The van der Waals surface area contributed by atoms with E-state index in [1.54, 1.807) is 17.6 Å². The predicted molar refractivity (Wildman–Crippen MR) is 112 cm³/mol. The number of para-hydroxylation sites is 1. The summed E-state index contributed by atoms with van der Waals surface area (Å²) in [4.78, 5) is 42.2. The number of benzene rings is 1. The molecule has 2 aliphatic heterocycles. The molecule has 1 unspecified atom stereocenters. The van der Waals surface area contributed by atoms with Crippen molar-refractivity contribution < 1.29 is 19.4 Å². The minimum atomic E-state index is -1.88. The summed E-state index contributed by atoms with van der Waals surface area (Å²) in [6.07, 6.45) is 0.518. The van der Waals surface area contributed by atoms with E-state index in [-0.39, 0.29) is 36.1 Å². The Morgan fingerprint density at radius 2 is 2.10 bits per heavy atom. The summed E-state index contributed by atoms with van der Waals surface area (Å²) in [6, 6.07) is 10.8. The molecule has 3 aromatic rings. The molecule has 2 aliphatic rings. The number of esters is 1. The van der Waals surface area contributed by atoms with Crippen molar-refractivity contribution in [2.75, 3.05) is 0 Å². The monoisotopic (exact) mass is 419 g/mol. The SMILES string of the molecule is CC[C@@]1(O)C(=O)OCc2c1cc1n(c2=O)C(CCC(N)=O)c2cc3ccccc3nc2-1. The van der Waals surface area contributed by atoms with Gasteiger partial charge in [0.2, 0.25) is 5.91 Å².